The molecule has 0 atom stereocenters. The van der Waals surface area contributed by atoms with Crippen molar-refractivity contribution in [2.45, 2.75) is 6.92 Å². The molecule has 0 saturated carbocycles. The van der Waals surface area contributed by atoms with Gasteiger partial charge >= 0.3 is 0 Å². The van der Waals surface area contributed by atoms with Gasteiger partial charge in [0.2, 0.25) is 5.88 Å². The molecular weight excluding hydrogens is 104 g/mol. The van der Waals surface area contributed by atoms with Crippen LogP contribution in [-0.4, -0.2) is 15.3 Å². The normalized spacial score (nSPS) is 9.12. The molecule has 0 spiro atoms. The summed E-state index contributed by atoms with van der Waals surface area (Å²) >= 11 is 0. The van der Waals surface area contributed by atoms with Crippen LogP contribution in [-0.2, 0) is 0 Å². The highest BCUT2D eigenvalue weighted by molar-refractivity contribution is 5.18. The summed E-state index contributed by atoms with van der Waals surface area (Å²) in [6.45, 7) is 1.74. The van der Waals surface area contributed by atoms with Crippen LogP contribution in [0.4, 0.5) is 0 Å². The van der Waals surface area contributed by atoms with Crippen molar-refractivity contribution in [2.75, 3.05) is 0 Å². The van der Waals surface area contributed by atoms with Gasteiger partial charge in [0.15, 0.2) is 0 Å². The molecule has 1 aromatic heterocycles. The standard InChI is InChI=1S/C5H5N2O/c1-4-2-3-6-7-5(4)8/h2H,1H3,(H,7,8). The lowest BCUT2D eigenvalue weighted by Gasteiger charge is -1.89. The van der Waals surface area contributed by atoms with E-state index in [4.69, 9.17) is 5.11 Å². The summed E-state index contributed by atoms with van der Waals surface area (Å²) in [4.78, 5) is 0. The predicted octanol–water partition coefficient (Wildman–Crippen LogP) is 0.291. The maximum absolute atomic E-state index is 8.73. The van der Waals surface area contributed by atoms with Crippen molar-refractivity contribution in [3.8, 4) is 5.88 Å². The van der Waals surface area contributed by atoms with E-state index in [0.717, 1.165) is 0 Å². The Bertz CT molecular complexity index is 167. The van der Waals surface area contributed by atoms with Crippen LogP contribution in [0.1, 0.15) is 5.56 Å². The number of hydrogen-bond donors (Lipinski definition) is 1. The minimum absolute atomic E-state index is 0.0243. The molecule has 3 heteroatoms. The van der Waals surface area contributed by atoms with E-state index in [-0.39, 0.29) is 5.88 Å². The highest BCUT2D eigenvalue weighted by Gasteiger charge is 1.90. The first-order valence-electron chi connectivity index (χ1n) is 2.20. The molecule has 0 aromatic carbocycles. The summed E-state index contributed by atoms with van der Waals surface area (Å²) in [5.74, 6) is -0.0243. The Morgan fingerprint density at radius 3 is 2.88 bits per heavy atom. The van der Waals surface area contributed by atoms with Crippen LogP contribution in [0.5, 0.6) is 5.88 Å². The van der Waals surface area contributed by atoms with Crippen molar-refractivity contribution in [3.63, 3.8) is 0 Å². The van der Waals surface area contributed by atoms with Crippen LogP contribution in [0.2, 0.25) is 0 Å². The molecule has 41 valence electrons. The lowest BCUT2D eigenvalue weighted by molar-refractivity contribution is 0.440. The van der Waals surface area contributed by atoms with Gasteiger partial charge in [-0.15, -0.1) is 10.2 Å². The van der Waals surface area contributed by atoms with Gasteiger partial charge in [-0.05, 0) is 13.0 Å². The van der Waals surface area contributed by atoms with E-state index in [1.807, 2.05) is 0 Å². The van der Waals surface area contributed by atoms with E-state index < -0.39 is 0 Å². The predicted molar refractivity (Wildman–Crippen MR) is 27.3 cm³/mol. The molecule has 0 aliphatic rings. The summed E-state index contributed by atoms with van der Waals surface area (Å²) in [6, 6.07) is 1.57. The summed E-state index contributed by atoms with van der Waals surface area (Å²) in [7, 11) is 0. The Labute approximate surface area is 47.0 Å². The SMILES string of the molecule is Cc1c[c]nnc1O. The van der Waals surface area contributed by atoms with E-state index in [2.05, 4.69) is 16.4 Å². The van der Waals surface area contributed by atoms with E-state index in [9.17, 15) is 0 Å². The average Bonchev–Trinajstić information content (AvgIpc) is 1.77. The molecule has 0 bridgehead atoms. The van der Waals surface area contributed by atoms with Crippen LogP contribution in [0.15, 0.2) is 6.07 Å². The number of aryl methyl sites for hydroxylation is 1. The third-order valence-electron chi connectivity index (χ3n) is 0.836. The van der Waals surface area contributed by atoms with Gasteiger partial charge in [-0.1, -0.05) is 0 Å². The van der Waals surface area contributed by atoms with Gasteiger partial charge in [-0.3, -0.25) is 0 Å². The number of aromatic nitrogens is 2. The third-order valence-corrected chi connectivity index (χ3v) is 0.836. The number of nitrogens with zero attached hydrogens (tertiary/aromatic N) is 2. The molecule has 1 radical (unpaired) electrons. The van der Waals surface area contributed by atoms with Crippen molar-refractivity contribution in [3.05, 3.63) is 17.8 Å². The molecule has 0 saturated heterocycles. The smallest absolute Gasteiger partial charge is 0.233 e. The maximum atomic E-state index is 8.73. The lowest BCUT2D eigenvalue weighted by Crippen LogP contribution is -1.81. The zero-order valence-corrected chi connectivity index (χ0v) is 4.42. The molecule has 0 unspecified atom stereocenters. The van der Waals surface area contributed by atoms with E-state index in [0.29, 0.717) is 5.56 Å². The summed E-state index contributed by atoms with van der Waals surface area (Å²) in [5.41, 5.74) is 0.694. The van der Waals surface area contributed by atoms with Crippen LogP contribution in [0.3, 0.4) is 0 Å². The van der Waals surface area contributed by atoms with Crippen LogP contribution in [0.25, 0.3) is 0 Å². The van der Waals surface area contributed by atoms with Gasteiger partial charge in [0.1, 0.15) is 6.20 Å². The fourth-order valence-corrected chi connectivity index (χ4v) is 0.345. The number of hydrogen-bond acceptors (Lipinski definition) is 3. The fourth-order valence-electron chi connectivity index (χ4n) is 0.345. The second-order valence-corrected chi connectivity index (χ2v) is 1.48. The van der Waals surface area contributed by atoms with E-state index in [1.54, 1.807) is 13.0 Å². The minimum atomic E-state index is -0.0243. The minimum Gasteiger partial charge on any atom is -0.492 e. The summed E-state index contributed by atoms with van der Waals surface area (Å²) in [6.07, 6.45) is 2.48. The highest BCUT2D eigenvalue weighted by atomic mass is 16.3. The summed E-state index contributed by atoms with van der Waals surface area (Å²) < 4.78 is 0. The molecule has 1 N–H and O–H groups in total. The van der Waals surface area contributed by atoms with Crippen molar-refractivity contribution in [1.82, 2.24) is 10.2 Å². The van der Waals surface area contributed by atoms with E-state index in [1.165, 1.54) is 0 Å². The number of aromatic hydroxyl groups is 1. The van der Waals surface area contributed by atoms with Gasteiger partial charge < -0.3 is 5.11 Å². The van der Waals surface area contributed by atoms with Gasteiger partial charge in [0, 0.05) is 5.56 Å². The molecule has 0 aliphatic carbocycles. The fraction of sp³-hybridized carbons (Fsp3) is 0.200. The molecular formula is C5H5N2O. The molecule has 1 rings (SSSR count). The molecule has 0 fully saturated rings. The Balaban J connectivity index is 3.13. The molecule has 1 heterocycles. The maximum Gasteiger partial charge on any atom is 0.233 e. The quantitative estimate of drug-likeness (QED) is 0.520. The van der Waals surface area contributed by atoms with Crippen LogP contribution < -0.4 is 0 Å². The Hall–Kier alpha value is -1.12. The number of rotatable bonds is 0. The Morgan fingerprint density at radius 2 is 2.50 bits per heavy atom. The van der Waals surface area contributed by atoms with Gasteiger partial charge in [0.25, 0.3) is 0 Å². The van der Waals surface area contributed by atoms with Gasteiger partial charge in [-0.25, -0.2) is 0 Å². The largest absolute Gasteiger partial charge is 0.492 e. The third kappa shape index (κ3) is 0.753. The first-order valence-corrected chi connectivity index (χ1v) is 2.20. The van der Waals surface area contributed by atoms with Crippen molar-refractivity contribution in [2.24, 2.45) is 0 Å². The van der Waals surface area contributed by atoms with Crippen LogP contribution >= 0.6 is 0 Å². The lowest BCUT2D eigenvalue weighted by atomic mass is 10.3. The monoisotopic (exact) mass is 109 g/mol. The van der Waals surface area contributed by atoms with Crippen molar-refractivity contribution in [1.29, 1.82) is 0 Å². The molecule has 0 aliphatic heterocycles. The van der Waals surface area contributed by atoms with Crippen molar-refractivity contribution >= 4 is 0 Å². The van der Waals surface area contributed by atoms with Crippen LogP contribution in [0, 0.1) is 13.1 Å². The Kier molecular flexibility index (Phi) is 1.12. The second kappa shape index (κ2) is 1.78. The molecule has 1 aromatic rings. The topological polar surface area (TPSA) is 46.0 Å². The van der Waals surface area contributed by atoms with Gasteiger partial charge in [0.05, 0.1) is 0 Å². The summed E-state index contributed by atoms with van der Waals surface area (Å²) in [5, 5.41) is 15.4. The highest BCUT2D eigenvalue weighted by Crippen LogP contribution is 2.05. The van der Waals surface area contributed by atoms with E-state index >= 15 is 0 Å². The zero-order chi connectivity index (χ0) is 5.98. The molecule has 8 heavy (non-hydrogen) atoms. The van der Waals surface area contributed by atoms with Gasteiger partial charge in [-0.2, -0.15) is 0 Å². The first kappa shape index (κ1) is 5.03. The second-order valence-electron chi connectivity index (χ2n) is 1.48. The zero-order valence-electron chi connectivity index (χ0n) is 4.42. The average molecular weight is 109 g/mol. The molecule has 0 amide bonds. The first-order chi connectivity index (χ1) is 3.80. The van der Waals surface area contributed by atoms with Crippen molar-refractivity contribution < 1.29 is 5.11 Å². The Morgan fingerprint density at radius 1 is 1.75 bits per heavy atom. The molecule has 3 nitrogen and oxygen atoms in total.